The van der Waals surface area contributed by atoms with E-state index >= 15 is 0 Å². The Balaban J connectivity index is 1.95. The number of carbonyl (C=O) groups excluding carboxylic acids is 1. The van der Waals surface area contributed by atoms with Gasteiger partial charge < -0.3 is 10.1 Å². The fourth-order valence-electron chi connectivity index (χ4n) is 1.99. The van der Waals surface area contributed by atoms with Crippen LogP contribution < -0.4 is 10.2 Å². The minimum atomic E-state index is -0.0743. The molecule has 1 unspecified atom stereocenters. The summed E-state index contributed by atoms with van der Waals surface area (Å²) in [6, 6.07) is 8.13. The number of carbonyl (C=O) groups is 1. The summed E-state index contributed by atoms with van der Waals surface area (Å²) in [6.07, 6.45) is 1.91. The van der Waals surface area contributed by atoms with Crippen molar-refractivity contribution < 1.29 is 9.53 Å². The number of aryl methyl sites for hydroxylation is 1. The van der Waals surface area contributed by atoms with E-state index in [-0.39, 0.29) is 12.1 Å². The lowest BCUT2D eigenvalue weighted by Crippen LogP contribution is -2.43. The molecule has 4 heteroatoms. The summed E-state index contributed by atoms with van der Waals surface area (Å²) in [6.45, 7) is 3.47. The molecule has 4 nitrogen and oxygen atoms in total. The largest absolute Gasteiger partial charge is 0.379 e. The quantitative estimate of drug-likeness (QED) is 0.890. The average molecular weight is 248 g/mol. The molecular formula is C14H20N2O2. The van der Waals surface area contributed by atoms with E-state index < -0.39 is 0 Å². The Morgan fingerprint density at radius 3 is 2.72 bits per heavy atom. The molecular weight excluding hydrogens is 228 g/mol. The summed E-state index contributed by atoms with van der Waals surface area (Å²) in [5.41, 5.74) is 2.18. The minimum Gasteiger partial charge on any atom is -0.379 e. The van der Waals surface area contributed by atoms with Gasteiger partial charge in [-0.25, -0.2) is 4.79 Å². The second-order valence-corrected chi connectivity index (χ2v) is 4.59. The second-order valence-electron chi connectivity index (χ2n) is 4.59. The van der Waals surface area contributed by atoms with Gasteiger partial charge in [0.1, 0.15) is 0 Å². The van der Waals surface area contributed by atoms with Crippen LogP contribution in [-0.4, -0.2) is 32.3 Å². The lowest BCUT2D eigenvalue weighted by atomic mass is 10.1. The monoisotopic (exact) mass is 248 g/mol. The highest BCUT2D eigenvalue weighted by atomic mass is 16.5. The highest BCUT2D eigenvalue weighted by molar-refractivity contribution is 5.91. The number of hydrogen-bond donors (Lipinski definition) is 1. The summed E-state index contributed by atoms with van der Waals surface area (Å²) in [4.78, 5) is 13.6. The van der Waals surface area contributed by atoms with Crippen LogP contribution in [-0.2, 0) is 11.2 Å². The molecule has 1 aliphatic rings. The molecule has 98 valence electrons. The van der Waals surface area contributed by atoms with E-state index in [4.69, 9.17) is 4.74 Å². The van der Waals surface area contributed by atoms with Crippen LogP contribution >= 0.6 is 0 Å². The molecule has 18 heavy (non-hydrogen) atoms. The van der Waals surface area contributed by atoms with Gasteiger partial charge in [0, 0.05) is 19.3 Å². The number of rotatable bonds is 3. The summed E-state index contributed by atoms with van der Waals surface area (Å²) in [5.74, 6) is 0. The van der Waals surface area contributed by atoms with Gasteiger partial charge in [0.25, 0.3) is 0 Å². The number of amides is 2. The highest BCUT2D eigenvalue weighted by Gasteiger charge is 2.20. The number of nitrogens with one attached hydrogen (secondary N) is 1. The first-order valence-electron chi connectivity index (χ1n) is 6.41. The van der Waals surface area contributed by atoms with Crippen molar-refractivity contribution in [1.29, 1.82) is 0 Å². The smallest absolute Gasteiger partial charge is 0.321 e. The zero-order valence-corrected chi connectivity index (χ0v) is 11.0. The molecule has 0 saturated carbocycles. The Morgan fingerprint density at radius 2 is 2.17 bits per heavy atom. The van der Waals surface area contributed by atoms with E-state index in [2.05, 4.69) is 24.4 Å². The van der Waals surface area contributed by atoms with Gasteiger partial charge in [0.2, 0.25) is 0 Å². The molecule has 1 atom stereocenters. The van der Waals surface area contributed by atoms with Crippen LogP contribution in [0.3, 0.4) is 0 Å². The van der Waals surface area contributed by atoms with E-state index in [9.17, 15) is 4.79 Å². The van der Waals surface area contributed by atoms with Gasteiger partial charge in [0.05, 0.1) is 12.6 Å². The first kappa shape index (κ1) is 12.9. The van der Waals surface area contributed by atoms with Crippen molar-refractivity contribution in [3.8, 4) is 0 Å². The van der Waals surface area contributed by atoms with Gasteiger partial charge in [-0.15, -0.1) is 0 Å². The Labute approximate surface area is 108 Å². The maximum atomic E-state index is 12.0. The molecule has 2 amide bonds. The number of urea groups is 1. The average Bonchev–Trinajstić information content (AvgIpc) is 2.91. The molecule has 2 rings (SSSR count). The van der Waals surface area contributed by atoms with Crippen molar-refractivity contribution in [3.05, 3.63) is 29.8 Å². The van der Waals surface area contributed by atoms with Crippen LogP contribution in [0.1, 0.15) is 18.9 Å². The normalized spacial score (nSPS) is 18.7. The van der Waals surface area contributed by atoms with Crippen LogP contribution in [0.25, 0.3) is 0 Å². The molecule has 1 aromatic carbocycles. The summed E-state index contributed by atoms with van der Waals surface area (Å²) < 4.78 is 5.24. The molecule has 1 N–H and O–H groups in total. The lowest BCUT2D eigenvalue weighted by Gasteiger charge is -2.20. The number of benzene rings is 1. The topological polar surface area (TPSA) is 41.6 Å². The van der Waals surface area contributed by atoms with Crippen LogP contribution in [0.2, 0.25) is 0 Å². The first-order chi connectivity index (χ1) is 8.70. The maximum Gasteiger partial charge on any atom is 0.321 e. The molecule has 0 aliphatic carbocycles. The summed E-state index contributed by atoms with van der Waals surface area (Å²) in [7, 11) is 1.78. The van der Waals surface area contributed by atoms with Crippen molar-refractivity contribution in [3.63, 3.8) is 0 Å². The lowest BCUT2D eigenvalue weighted by molar-refractivity contribution is 0.189. The van der Waals surface area contributed by atoms with Crippen molar-refractivity contribution in [2.45, 2.75) is 25.8 Å². The van der Waals surface area contributed by atoms with Crippen molar-refractivity contribution in [1.82, 2.24) is 5.32 Å². The molecule has 0 aromatic heterocycles. The SMILES string of the molecule is CCc1ccc(N(C)C(=O)NC2CCOC2)cc1. The van der Waals surface area contributed by atoms with E-state index in [0.29, 0.717) is 6.61 Å². The van der Waals surface area contributed by atoms with E-state index in [1.807, 2.05) is 12.1 Å². The predicted octanol–water partition coefficient (Wildman–Crippen LogP) is 2.18. The molecule has 1 aliphatic heterocycles. The van der Waals surface area contributed by atoms with Gasteiger partial charge in [-0.1, -0.05) is 19.1 Å². The van der Waals surface area contributed by atoms with Gasteiger partial charge in [0.15, 0.2) is 0 Å². The van der Waals surface area contributed by atoms with E-state index in [1.165, 1.54) is 5.56 Å². The zero-order chi connectivity index (χ0) is 13.0. The Kier molecular flexibility index (Phi) is 4.20. The van der Waals surface area contributed by atoms with Crippen LogP contribution in [0, 0.1) is 0 Å². The first-order valence-corrected chi connectivity index (χ1v) is 6.41. The Bertz CT molecular complexity index is 397. The van der Waals surface area contributed by atoms with E-state index in [0.717, 1.165) is 25.1 Å². The van der Waals surface area contributed by atoms with Gasteiger partial charge >= 0.3 is 6.03 Å². The second kappa shape index (κ2) is 5.87. The number of ether oxygens (including phenoxy) is 1. The van der Waals surface area contributed by atoms with Crippen LogP contribution in [0.4, 0.5) is 10.5 Å². The van der Waals surface area contributed by atoms with Crippen LogP contribution in [0.5, 0.6) is 0 Å². The molecule has 0 bridgehead atoms. The number of anilines is 1. The van der Waals surface area contributed by atoms with E-state index in [1.54, 1.807) is 11.9 Å². The summed E-state index contributed by atoms with van der Waals surface area (Å²) in [5, 5.41) is 2.97. The zero-order valence-electron chi connectivity index (χ0n) is 11.0. The van der Waals surface area contributed by atoms with Crippen LogP contribution in [0.15, 0.2) is 24.3 Å². The third-order valence-corrected chi connectivity index (χ3v) is 3.29. The van der Waals surface area contributed by atoms with Crippen molar-refractivity contribution in [2.75, 3.05) is 25.2 Å². The molecule has 1 aromatic rings. The third-order valence-electron chi connectivity index (χ3n) is 3.29. The molecule has 0 spiro atoms. The maximum absolute atomic E-state index is 12.0. The van der Waals surface area contributed by atoms with Crippen molar-refractivity contribution >= 4 is 11.7 Å². The van der Waals surface area contributed by atoms with Gasteiger partial charge in [-0.3, -0.25) is 4.90 Å². The highest BCUT2D eigenvalue weighted by Crippen LogP contribution is 2.15. The third kappa shape index (κ3) is 3.01. The summed E-state index contributed by atoms with van der Waals surface area (Å²) >= 11 is 0. The molecule has 1 heterocycles. The molecule has 1 fully saturated rings. The predicted molar refractivity (Wildman–Crippen MR) is 72.0 cm³/mol. The van der Waals surface area contributed by atoms with Crippen molar-refractivity contribution in [2.24, 2.45) is 0 Å². The van der Waals surface area contributed by atoms with Gasteiger partial charge in [-0.05, 0) is 30.5 Å². The minimum absolute atomic E-state index is 0.0743. The van der Waals surface area contributed by atoms with Gasteiger partial charge in [-0.2, -0.15) is 0 Å². The molecule has 1 saturated heterocycles. The number of hydrogen-bond acceptors (Lipinski definition) is 2. The Morgan fingerprint density at radius 1 is 1.44 bits per heavy atom. The standard InChI is InChI=1S/C14H20N2O2/c1-3-11-4-6-13(7-5-11)16(2)14(17)15-12-8-9-18-10-12/h4-7,12H,3,8-10H2,1-2H3,(H,15,17). The fourth-order valence-corrected chi connectivity index (χ4v) is 1.99. The fraction of sp³-hybridized carbons (Fsp3) is 0.500. The number of nitrogens with zero attached hydrogens (tertiary/aromatic N) is 1. The molecule has 0 radical (unpaired) electrons. The Hall–Kier alpha value is -1.55.